The maximum absolute atomic E-state index is 13.6. The molecule has 14 atom stereocenters. The number of aromatic nitrogens is 8. The van der Waals surface area contributed by atoms with E-state index in [2.05, 4.69) is 136 Å². The van der Waals surface area contributed by atoms with Gasteiger partial charge in [0, 0.05) is 92.0 Å². The zero-order valence-electron chi connectivity index (χ0n) is 72.2. The average molecular weight is 1880 g/mol. The summed E-state index contributed by atoms with van der Waals surface area (Å²) in [6.07, 6.45) is 17.7. The molecule has 676 valence electrons. The van der Waals surface area contributed by atoms with Crippen molar-refractivity contribution >= 4 is 108 Å². The number of aliphatic hydroxyl groups is 4. The number of anilines is 2. The van der Waals surface area contributed by atoms with Crippen LogP contribution in [0.5, 0.6) is 0 Å². The van der Waals surface area contributed by atoms with Gasteiger partial charge in [0.25, 0.3) is 0 Å². The number of nitrogens with two attached hydrogens (primary N) is 2. The minimum atomic E-state index is -4.09. The van der Waals surface area contributed by atoms with E-state index in [0.29, 0.717) is 118 Å². The summed E-state index contributed by atoms with van der Waals surface area (Å²) in [7, 11) is -4.09. The van der Waals surface area contributed by atoms with Crippen LogP contribution in [-0.2, 0) is 59.1 Å². The number of ether oxygens (including phenoxy) is 4. The third kappa shape index (κ3) is 22.4. The highest BCUT2D eigenvalue weighted by molar-refractivity contribution is 7.84. The number of aryl methyl sites for hydroxylation is 4. The first kappa shape index (κ1) is 94.3. The third-order valence-electron chi connectivity index (χ3n) is 25.1. The van der Waals surface area contributed by atoms with Crippen LogP contribution in [0, 0.1) is 57.3 Å². The number of hydrogen-bond donors (Lipinski definition) is 8. The van der Waals surface area contributed by atoms with Crippen molar-refractivity contribution in [3.63, 3.8) is 0 Å². The number of thiophene rings is 4. The van der Waals surface area contributed by atoms with Crippen molar-refractivity contribution < 1.29 is 66.4 Å². The fourth-order valence-electron chi connectivity index (χ4n) is 18.2. The Bertz CT molecular complexity index is 6080. The number of ketones is 3. The van der Waals surface area contributed by atoms with Crippen LogP contribution in [0.4, 0.5) is 11.6 Å². The summed E-state index contributed by atoms with van der Waals surface area (Å²) in [5.74, 6) is 1.88. The van der Waals surface area contributed by atoms with Crippen molar-refractivity contribution in [2.24, 2.45) is 40.5 Å². The molecule has 1 unspecified atom stereocenters. The van der Waals surface area contributed by atoms with Gasteiger partial charge in [0.15, 0.2) is 0 Å². The van der Waals surface area contributed by atoms with E-state index >= 15 is 0 Å². The number of carbonyl (C=O) groups excluding carboxylic acids is 3. The van der Waals surface area contributed by atoms with Crippen molar-refractivity contribution in [2.45, 2.75) is 160 Å². The molecule has 26 nitrogen and oxygen atoms in total. The number of nitrogens with zero attached hydrogens (tertiary/aromatic N) is 8. The molecule has 3 fully saturated rings. The first-order valence-corrected chi connectivity index (χ1v) is 48.6. The number of rotatable bonds is 21. The molecule has 7 aliphatic rings. The van der Waals surface area contributed by atoms with Crippen molar-refractivity contribution in [2.75, 3.05) is 56.9 Å². The second-order valence-electron chi connectivity index (χ2n) is 33.6. The lowest BCUT2D eigenvalue weighted by atomic mass is 9.93. The van der Waals surface area contributed by atoms with Gasteiger partial charge >= 0.3 is 10.3 Å². The molecule has 0 saturated heterocycles. The Morgan fingerprint density at radius 3 is 1.24 bits per heavy atom. The SMILES string of the molecule is C[C@H]1C[C@H](N)C[C@@H]1CO.Cc1sc(C(=O)c2cncnc2Cl)cc1[C@@H]1OCCc2ccccc21.Cc1sc(C(=O)c2cncnc2N[C@@H]2C[C@H](CO)[C@@H](C)C2)cc1[C@@H]1OCCc2ccccc21.Cc1sc(C(=O)c2cncnc2N[C@@H]2C[C@H](COS(N)(=O)=O)[C@@H](O)C2)cc1[C@@H]1OCCc2ccccc21.Cc1sc(C(O)c2cncnc2Cl)cc1[C@@H]1OCCc2ccccc21. The summed E-state index contributed by atoms with van der Waals surface area (Å²) in [6, 6.07) is 41.4. The van der Waals surface area contributed by atoms with Crippen LogP contribution in [0.3, 0.4) is 0 Å². The van der Waals surface area contributed by atoms with E-state index in [0.717, 1.165) is 104 Å². The van der Waals surface area contributed by atoms with Crippen LogP contribution < -0.4 is 21.5 Å². The van der Waals surface area contributed by atoms with Gasteiger partial charge in [0.1, 0.15) is 77.8 Å². The number of fused-ring (bicyclic) bond motifs is 4. The van der Waals surface area contributed by atoms with Gasteiger partial charge < -0.3 is 55.7 Å². The molecule has 0 spiro atoms. The van der Waals surface area contributed by atoms with Gasteiger partial charge in [-0.3, -0.25) is 18.6 Å². The second kappa shape index (κ2) is 42.9. The molecule has 19 rings (SSSR count). The van der Waals surface area contributed by atoms with Gasteiger partial charge in [0.2, 0.25) is 17.3 Å². The van der Waals surface area contributed by atoms with Crippen molar-refractivity contribution in [3.8, 4) is 0 Å². The van der Waals surface area contributed by atoms with Crippen molar-refractivity contribution in [3.05, 3.63) is 310 Å². The highest BCUT2D eigenvalue weighted by atomic mass is 35.5. The van der Waals surface area contributed by atoms with Crippen LogP contribution >= 0.6 is 68.5 Å². The number of halogens is 2. The minimum Gasteiger partial charge on any atom is -0.396 e. The molecular formula is C96H104Cl2N12O14S5. The number of nitrogens with one attached hydrogen (secondary N) is 2. The van der Waals surface area contributed by atoms with Gasteiger partial charge in [-0.25, -0.2) is 45.0 Å². The molecule has 33 heteroatoms. The highest BCUT2D eigenvalue weighted by Crippen LogP contribution is 2.46. The Morgan fingerprint density at radius 2 is 0.845 bits per heavy atom. The number of benzene rings is 4. The minimum absolute atomic E-state index is 0.0775. The molecular weight excluding hydrogens is 1780 g/mol. The summed E-state index contributed by atoms with van der Waals surface area (Å²) >= 11 is 18.0. The van der Waals surface area contributed by atoms with E-state index in [1.807, 2.05) is 81.4 Å². The monoisotopic (exact) mass is 1880 g/mol. The number of carbonyl (C=O) groups is 3. The normalized spacial score (nSPS) is 22.7. The zero-order valence-corrected chi connectivity index (χ0v) is 77.8. The third-order valence-corrected chi connectivity index (χ3v) is 30.5. The van der Waals surface area contributed by atoms with Crippen molar-refractivity contribution in [1.29, 1.82) is 0 Å². The van der Waals surface area contributed by atoms with Crippen molar-refractivity contribution in [1.82, 2.24) is 39.9 Å². The van der Waals surface area contributed by atoms with E-state index in [1.54, 1.807) is 23.7 Å². The Balaban J connectivity index is 0.000000129. The molecule has 3 saturated carbocycles. The molecule has 0 bridgehead atoms. The fourth-order valence-corrected chi connectivity index (χ4v) is 23.0. The Labute approximate surface area is 776 Å². The highest BCUT2D eigenvalue weighted by Gasteiger charge is 2.39. The molecule has 4 aliphatic heterocycles. The standard InChI is InChI=1S/C26H29N3O3S.C25H28N4O6S2.C19H17ClN2O2S.C19H15ClN2O2S.C7H15NO/c1-15-9-19(10-18(15)13-30)29-26-22(12-27-14-28-26)24(31)23-11-21(16(2)33-23)25-20-6-4-3-5-17(20)7-8-32-25;1-14-19(24-18-5-3-2-4-15(18)6-7-34-24)10-22(36-14)23(31)20-11-27-13-28-25(20)29-17-8-16(21(30)9-17)12-35-37(26,32)33;2*1-11-14(18-13-5-3-2-4-12(13)6-7-24-18)8-16(25-11)17(23)15-9-21-10-22-19(15)20;1-5-2-7(8)3-6(5)4-9/h3-6,11-12,14-15,18-19,25,30H,7-10,13H2,1-2H3,(H,27,28,29);2-5,10-11,13,16-17,21,24,30H,6-9,12H2,1H3,(H2,26,32,33)(H,27,28,29);2-5,8-10,17-18,23H,6-7H2,1H3;2-5,8-10,18H,6-7H2,1H3;5-7,9H,2-4,8H2,1H3/t15-,18+,19-,25+;16-,17-,21+,24-;17?,18-;18-;5-,6+,7-/m01110/s1. The molecule has 0 radical (unpaired) electrons. The molecule has 12 heterocycles. The van der Waals surface area contributed by atoms with E-state index in [1.165, 1.54) is 111 Å². The Hall–Kier alpha value is -9.30. The predicted octanol–water partition coefficient (Wildman–Crippen LogP) is 16.1. The fraction of sp³-hybridized carbons (Fsp3) is 0.385. The molecule has 10 N–H and O–H groups in total. The summed E-state index contributed by atoms with van der Waals surface area (Å²) in [4.78, 5) is 79.4. The Kier molecular flexibility index (Phi) is 31.4. The van der Waals surface area contributed by atoms with Crippen LogP contribution in [0.2, 0.25) is 10.3 Å². The van der Waals surface area contributed by atoms with Gasteiger partial charge in [-0.15, -0.1) is 45.3 Å². The van der Waals surface area contributed by atoms with Crippen LogP contribution in [-0.4, -0.2) is 157 Å². The first-order chi connectivity index (χ1) is 62.3. The maximum atomic E-state index is 13.6. The lowest BCUT2D eigenvalue weighted by molar-refractivity contribution is 0.0696. The quantitative estimate of drug-likeness (QED) is 0.0245. The van der Waals surface area contributed by atoms with E-state index in [4.69, 9.17) is 58.1 Å². The van der Waals surface area contributed by atoms with Gasteiger partial charge in [-0.1, -0.05) is 134 Å². The van der Waals surface area contributed by atoms with Crippen LogP contribution in [0.1, 0.15) is 225 Å². The average Bonchev–Trinajstić information content (AvgIpc) is 1.80. The van der Waals surface area contributed by atoms with E-state index < -0.39 is 28.4 Å². The summed E-state index contributed by atoms with van der Waals surface area (Å²) in [5.41, 5.74) is 21.4. The molecule has 4 aromatic carbocycles. The summed E-state index contributed by atoms with van der Waals surface area (Å²) < 4.78 is 51.3. The molecule has 8 aromatic heterocycles. The number of aliphatic hydroxyl groups excluding tert-OH is 4. The van der Waals surface area contributed by atoms with E-state index in [-0.39, 0.29) is 83.3 Å². The molecule has 12 aromatic rings. The van der Waals surface area contributed by atoms with E-state index in [9.17, 15) is 38.1 Å². The van der Waals surface area contributed by atoms with Crippen LogP contribution in [0.15, 0.2) is 171 Å². The topological polar surface area (TPSA) is 392 Å². The molecule has 129 heavy (non-hydrogen) atoms. The largest absolute Gasteiger partial charge is 0.396 e. The lowest BCUT2D eigenvalue weighted by Gasteiger charge is -2.26. The number of hydrogen-bond acceptors (Lipinski definition) is 29. The Morgan fingerprint density at radius 1 is 0.481 bits per heavy atom. The second-order valence-corrected chi connectivity index (χ2v) is 40.6. The van der Waals surface area contributed by atoms with Gasteiger partial charge in [0.05, 0.1) is 70.5 Å². The summed E-state index contributed by atoms with van der Waals surface area (Å²) in [5, 5.41) is 51.5. The maximum Gasteiger partial charge on any atom is 0.333 e. The van der Waals surface area contributed by atoms with Gasteiger partial charge in [-0.2, -0.15) is 8.42 Å². The molecule has 3 aliphatic carbocycles. The first-order valence-electron chi connectivity index (χ1n) is 43.2. The van der Waals surface area contributed by atoms with Gasteiger partial charge in [-0.05, 0) is 207 Å². The zero-order chi connectivity index (χ0) is 90.7. The predicted molar refractivity (Wildman–Crippen MR) is 499 cm³/mol. The smallest absolute Gasteiger partial charge is 0.333 e. The molecule has 0 amide bonds. The van der Waals surface area contributed by atoms with Crippen LogP contribution in [0.25, 0.3) is 0 Å². The summed E-state index contributed by atoms with van der Waals surface area (Å²) in [6.45, 7) is 15.4. The lowest BCUT2D eigenvalue weighted by Crippen LogP contribution is -2.24.